The van der Waals surface area contributed by atoms with Crippen LogP contribution < -0.4 is 10.2 Å². The molecule has 2 heterocycles. The van der Waals surface area contributed by atoms with Gasteiger partial charge in [0.15, 0.2) is 5.13 Å². The predicted octanol–water partition coefficient (Wildman–Crippen LogP) is 3.37. The van der Waals surface area contributed by atoms with E-state index in [9.17, 15) is 0 Å². The lowest BCUT2D eigenvalue weighted by atomic mass is 10.1. The monoisotopic (exact) mass is 295 g/mol. The number of rotatable bonds is 2. The van der Waals surface area contributed by atoms with E-state index >= 15 is 0 Å². The summed E-state index contributed by atoms with van der Waals surface area (Å²) < 4.78 is 0. The summed E-state index contributed by atoms with van der Waals surface area (Å²) in [5, 5.41) is 9.23. The van der Waals surface area contributed by atoms with E-state index in [4.69, 9.17) is 4.98 Å². The Hall–Kier alpha value is -1.91. The normalized spacial score (nSPS) is 15.5. The molecule has 21 heavy (non-hydrogen) atoms. The van der Waals surface area contributed by atoms with Gasteiger partial charge >= 0.3 is 0 Å². The summed E-state index contributed by atoms with van der Waals surface area (Å²) in [6.07, 6.45) is 0. The van der Waals surface area contributed by atoms with Gasteiger partial charge in [-0.05, 0) is 16.8 Å². The molecule has 1 aliphatic heterocycles. The number of piperazine rings is 1. The van der Waals surface area contributed by atoms with Crippen molar-refractivity contribution in [1.82, 2.24) is 10.3 Å². The fourth-order valence-electron chi connectivity index (χ4n) is 2.75. The van der Waals surface area contributed by atoms with Crippen LogP contribution in [0.1, 0.15) is 0 Å². The number of benzene rings is 2. The van der Waals surface area contributed by atoms with E-state index in [1.807, 2.05) is 0 Å². The molecular weight excluding hydrogens is 278 g/mol. The van der Waals surface area contributed by atoms with Crippen LogP contribution in [0.5, 0.6) is 0 Å². The van der Waals surface area contributed by atoms with Gasteiger partial charge in [-0.15, -0.1) is 11.3 Å². The van der Waals surface area contributed by atoms with Crippen molar-refractivity contribution in [3.05, 3.63) is 47.8 Å². The van der Waals surface area contributed by atoms with Crippen molar-refractivity contribution in [2.45, 2.75) is 0 Å². The van der Waals surface area contributed by atoms with Crippen LogP contribution in [-0.4, -0.2) is 31.2 Å². The van der Waals surface area contributed by atoms with Gasteiger partial charge in [-0.1, -0.05) is 36.4 Å². The second-order valence-electron chi connectivity index (χ2n) is 5.31. The summed E-state index contributed by atoms with van der Waals surface area (Å²) in [6.45, 7) is 4.19. The van der Waals surface area contributed by atoms with Gasteiger partial charge in [-0.3, -0.25) is 0 Å². The van der Waals surface area contributed by atoms with Crippen LogP contribution in [0.15, 0.2) is 47.8 Å². The molecule has 3 nitrogen and oxygen atoms in total. The van der Waals surface area contributed by atoms with E-state index in [0.29, 0.717) is 0 Å². The van der Waals surface area contributed by atoms with Crippen LogP contribution >= 0.6 is 11.3 Å². The van der Waals surface area contributed by atoms with Gasteiger partial charge < -0.3 is 10.2 Å². The van der Waals surface area contributed by atoms with Crippen LogP contribution in [0, 0.1) is 0 Å². The number of hydrogen-bond donors (Lipinski definition) is 1. The predicted molar refractivity (Wildman–Crippen MR) is 90.1 cm³/mol. The molecule has 4 heteroatoms. The Balaban J connectivity index is 1.67. The van der Waals surface area contributed by atoms with Crippen molar-refractivity contribution in [3.8, 4) is 11.3 Å². The fraction of sp³-hybridized carbons (Fsp3) is 0.235. The Morgan fingerprint density at radius 3 is 2.67 bits per heavy atom. The average molecular weight is 295 g/mol. The van der Waals surface area contributed by atoms with Gasteiger partial charge in [0, 0.05) is 37.1 Å². The third-order valence-corrected chi connectivity index (χ3v) is 4.83. The Morgan fingerprint density at radius 2 is 1.81 bits per heavy atom. The number of hydrogen-bond acceptors (Lipinski definition) is 4. The summed E-state index contributed by atoms with van der Waals surface area (Å²) in [5.41, 5.74) is 2.28. The molecule has 1 aliphatic rings. The SMILES string of the molecule is c1ccc2cc(-c3csc(N4CCNCC4)n3)ccc2c1. The molecule has 0 atom stereocenters. The zero-order chi connectivity index (χ0) is 14.1. The highest BCUT2D eigenvalue weighted by atomic mass is 32.1. The lowest BCUT2D eigenvalue weighted by Gasteiger charge is -2.26. The fourth-order valence-corrected chi connectivity index (χ4v) is 3.64. The Morgan fingerprint density at radius 1 is 1.00 bits per heavy atom. The Bertz CT molecular complexity index is 759. The Labute approximate surface area is 128 Å². The van der Waals surface area contributed by atoms with E-state index in [-0.39, 0.29) is 0 Å². The van der Waals surface area contributed by atoms with Crippen molar-refractivity contribution in [2.24, 2.45) is 0 Å². The van der Waals surface area contributed by atoms with E-state index in [0.717, 1.165) is 37.0 Å². The quantitative estimate of drug-likeness (QED) is 0.785. The standard InChI is InChI=1S/C17H17N3S/c1-2-4-14-11-15(6-5-13(14)3-1)16-12-21-17(19-16)20-9-7-18-8-10-20/h1-6,11-12,18H,7-10H2. The second-order valence-corrected chi connectivity index (χ2v) is 6.15. The highest BCUT2D eigenvalue weighted by molar-refractivity contribution is 7.14. The third kappa shape index (κ3) is 2.52. The van der Waals surface area contributed by atoms with Crippen molar-refractivity contribution in [2.75, 3.05) is 31.1 Å². The molecule has 4 rings (SSSR count). The molecule has 1 N–H and O–H groups in total. The highest BCUT2D eigenvalue weighted by Gasteiger charge is 2.14. The molecule has 0 spiro atoms. The molecule has 0 amide bonds. The first-order chi connectivity index (χ1) is 10.4. The lowest BCUT2D eigenvalue weighted by Crippen LogP contribution is -2.43. The van der Waals surface area contributed by atoms with Crippen molar-refractivity contribution in [1.29, 1.82) is 0 Å². The third-order valence-electron chi connectivity index (χ3n) is 3.92. The topological polar surface area (TPSA) is 28.2 Å². The maximum Gasteiger partial charge on any atom is 0.185 e. The van der Waals surface area contributed by atoms with Crippen LogP contribution in [0.4, 0.5) is 5.13 Å². The number of aromatic nitrogens is 1. The van der Waals surface area contributed by atoms with Crippen LogP contribution in [-0.2, 0) is 0 Å². The van der Waals surface area contributed by atoms with Gasteiger partial charge in [-0.2, -0.15) is 0 Å². The number of fused-ring (bicyclic) bond motifs is 1. The molecule has 0 saturated carbocycles. The van der Waals surface area contributed by atoms with Crippen molar-refractivity contribution in [3.63, 3.8) is 0 Å². The number of thiazole rings is 1. The molecule has 1 saturated heterocycles. The van der Waals surface area contributed by atoms with E-state index in [1.54, 1.807) is 11.3 Å². The summed E-state index contributed by atoms with van der Waals surface area (Å²) >= 11 is 1.74. The number of anilines is 1. The smallest absolute Gasteiger partial charge is 0.185 e. The van der Waals surface area contributed by atoms with Crippen LogP contribution in [0.3, 0.4) is 0 Å². The molecule has 1 fully saturated rings. The number of nitrogens with one attached hydrogen (secondary N) is 1. The first-order valence-electron chi connectivity index (χ1n) is 7.30. The van der Waals surface area contributed by atoms with Gasteiger partial charge in [-0.25, -0.2) is 4.98 Å². The summed E-state index contributed by atoms with van der Waals surface area (Å²) in [4.78, 5) is 7.19. The summed E-state index contributed by atoms with van der Waals surface area (Å²) in [7, 11) is 0. The van der Waals surface area contributed by atoms with E-state index < -0.39 is 0 Å². The van der Waals surface area contributed by atoms with Crippen LogP contribution in [0.2, 0.25) is 0 Å². The van der Waals surface area contributed by atoms with Gasteiger partial charge in [0.05, 0.1) is 5.69 Å². The maximum atomic E-state index is 4.83. The maximum absolute atomic E-state index is 4.83. The molecule has 0 bridgehead atoms. The molecule has 0 unspecified atom stereocenters. The van der Waals surface area contributed by atoms with Gasteiger partial charge in [0.25, 0.3) is 0 Å². The largest absolute Gasteiger partial charge is 0.346 e. The molecule has 1 aromatic heterocycles. The second kappa shape index (κ2) is 5.47. The summed E-state index contributed by atoms with van der Waals surface area (Å²) in [6, 6.07) is 15.0. The van der Waals surface area contributed by atoms with Crippen molar-refractivity contribution >= 4 is 27.2 Å². The average Bonchev–Trinajstić information content (AvgIpc) is 3.05. The van der Waals surface area contributed by atoms with Gasteiger partial charge in [0.1, 0.15) is 0 Å². The first-order valence-corrected chi connectivity index (χ1v) is 8.18. The van der Waals surface area contributed by atoms with E-state index in [2.05, 4.69) is 58.1 Å². The van der Waals surface area contributed by atoms with Crippen LogP contribution in [0.25, 0.3) is 22.0 Å². The van der Waals surface area contributed by atoms with Crippen molar-refractivity contribution < 1.29 is 0 Å². The zero-order valence-corrected chi connectivity index (χ0v) is 12.6. The number of nitrogens with zero attached hydrogens (tertiary/aromatic N) is 2. The molecular formula is C17H17N3S. The molecule has 2 aromatic carbocycles. The minimum absolute atomic E-state index is 1.05. The molecule has 0 radical (unpaired) electrons. The minimum Gasteiger partial charge on any atom is -0.346 e. The first kappa shape index (κ1) is 12.8. The summed E-state index contributed by atoms with van der Waals surface area (Å²) in [5.74, 6) is 0. The zero-order valence-electron chi connectivity index (χ0n) is 11.7. The lowest BCUT2D eigenvalue weighted by molar-refractivity contribution is 0.588. The molecule has 0 aliphatic carbocycles. The molecule has 106 valence electrons. The van der Waals surface area contributed by atoms with Gasteiger partial charge in [0.2, 0.25) is 0 Å². The minimum atomic E-state index is 1.05. The molecule has 3 aromatic rings. The highest BCUT2D eigenvalue weighted by Crippen LogP contribution is 2.29. The Kier molecular flexibility index (Phi) is 3.33. The van der Waals surface area contributed by atoms with E-state index in [1.165, 1.54) is 16.3 Å².